The lowest BCUT2D eigenvalue weighted by Gasteiger charge is -2.17. The Bertz CT molecular complexity index is 414. The van der Waals surface area contributed by atoms with Gasteiger partial charge in [-0.1, -0.05) is 0 Å². The van der Waals surface area contributed by atoms with Crippen LogP contribution in [0.3, 0.4) is 0 Å². The van der Waals surface area contributed by atoms with E-state index in [1.165, 1.54) is 13.3 Å². The zero-order chi connectivity index (χ0) is 12.4. The van der Waals surface area contributed by atoms with Crippen LogP contribution in [0.15, 0.2) is 17.2 Å². The maximum absolute atomic E-state index is 10.9. The van der Waals surface area contributed by atoms with Gasteiger partial charge in [-0.2, -0.15) is 0 Å². The molecule has 1 saturated heterocycles. The number of ether oxygens (including phenoxy) is 2. The lowest BCUT2D eigenvalue weighted by atomic mass is 10.1. The Kier molecular flexibility index (Phi) is 3.53. The van der Waals surface area contributed by atoms with Crippen molar-refractivity contribution in [1.82, 2.24) is 9.97 Å². The molecule has 0 radical (unpaired) electrons. The van der Waals surface area contributed by atoms with Gasteiger partial charge in [0.15, 0.2) is 0 Å². The van der Waals surface area contributed by atoms with Gasteiger partial charge >= 0.3 is 0 Å². The highest BCUT2D eigenvalue weighted by Gasteiger charge is 2.45. The summed E-state index contributed by atoms with van der Waals surface area (Å²) >= 11 is 0. The largest absolute Gasteiger partial charge is 0.394 e. The maximum atomic E-state index is 10.9. The van der Waals surface area contributed by atoms with Gasteiger partial charge < -0.3 is 24.7 Å². The van der Waals surface area contributed by atoms with Crippen LogP contribution in [0.4, 0.5) is 0 Å². The third-order valence-corrected chi connectivity index (χ3v) is 2.77. The van der Waals surface area contributed by atoms with E-state index >= 15 is 0 Å². The average molecular weight is 242 g/mol. The molecule has 2 rings (SSSR count). The van der Waals surface area contributed by atoms with E-state index < -0.39 is 24.4 Å². The van der Waals surface area contributed by atoms with Crippen LogP contribution in [0.5, 0.6) is 0 Å². The summed E-state index contributed by atoms with van der Waals surface area (Å²) in [6.07, 6.45) is -0.327. The summed E-state index contributed by atoms with van der Waals surface area (Å²) in [5.41, 5.74) is 0.131. The molecule has 0 saturated carbocycles. The Labute approximate surface area is 97.0 Å². The topological polar surface area (TPSA) is 105 Å². The minimum Gasteiger partial charge on any atom is -0.394 e. The molecule has 17 heavy (non-hydrogen) atoms. The van der Waals surface area contributed by atoms with Crippen molar-refractivity contribution >= 4 is 0 Å². The molecule has 94 valence electrons. The van der Waals surface area contributed by atoms with Crippen molar-refractivity contribution in [1.29, 1.82) is 0 Å². The molecule has 1 fully saturated rings. The molecule has 2 unspecified atom stereocenters. The predicted molar refractivity (Wildman–Crippen MR) is 56.4 cm³/mol. The lowest BCUT2D eigenvalue weighted by Crippen LogP contribution is -2.34. The number of nitrogens with zero attached hydrogens (tertiary/aromatic N) is 1. The van der Waals surface area contributed by atoms with Gasteiger partial charge in [0, 0.05) is 13.3 Å². The summed E-state index contributed by atoms with van der Waals surface area (Å²) in [4.78, 5) is 17.3. The predicted octanol–water partition coefficient (Wildman–Crippen LogP) is -1.42. The number of aromatic amines is 1. The second-order valence-electron chi connectivity index (χ2n) is 3.80. The number of H-pyrrole nitrogens is 1. The van der Waals surface area contributed by atoms with Crippen LogP contribution in [-0.4, -0.2) is 52.2 Å². The zero-order valence-corrected chi connectivity index (χ0v) is 9.24. The van der Waals surface area contributed by atoms with E-state index in [2.05, 4.69) is 9.97 Å². The van der Waals surface area contributed by atoms with Crippen LogP contribution in [0, 0.1) is 0 Å². The van der Waals surface area contributed by atoms with Gasteiger partial charge in [-0.25, -0.2) is 0 Å². The van der Waals surface area contributed by atoms with E-state index in [1.807, 2.05) is 0 Å². The van der Waals surface area contributed by atoms with Crippen molar-refractivity contribution in [3.63, 3.8) is 0 Å². The Morgan fingerprint density at radius 3 is 2.94 bits per heavy atom. The minimum absolute atomic E-state index is 0.305. The quantitative estimate of drug-likeness (QED) is 0.600. The highest BCUT2D eigenvalue weighted by molar-refractivity contribution is 5.08. The Balaban J connectivity index is 2.25. The highest BCUT2D eigenvalue weighted by atomic mass is 16.6. The van der Waals surface area contributed by atoms with Gasteiger partial charge in [0.25, 0.3) is 5.56 Å². The smallest absolute Gasteiger partial charge is 0.266 e. The molecule has 1 aromatic rings. The van der Waals surface area contributed by atoms with Gasteiger partial charge in [-0.15, -0.1) is 0 Å². The van der Waals surface area contributed by atoms with Crippen molar-refractivity contribution in [3.05, 3.63) is 28.4 Å². The number of rotatable bonds is 3. The number of hydrogen-bond acceptors (Lipinski definition) is 6. The summed E-state index contributed by atoms with van der Waals surface area (Å²) in [7, 11) is 1.44. The molecule has 0 aromatic carbocycles. The molecule has 7 heteroatoms. The minimum atomic E-state index is -0.927. The van der Waals surface area contributed by atoms with Gasteiger partial charge in [0.2, 0.25) is 0 Å². The molecule has 3 N–H and O–H groups in total. The van der Waals surface area contributed by atoms with E-state index in [9.17, 15) is 9.90 Å². The summed E-state index contributed by atoms with van der Waals surface area (Å²) < 4.78 is 10.6. The molecule has 0 spiro atoms. The first kappa shape index (κ1) is 12.2. The fraction of sp³-hybridized carbons (Fsp3) is 0.600. The molecule has 7 nitrogen and oxygen atoms in total. The van der Waals surface area contributed by atoms with Crippen LogP contribution in [0.25, 0.3) is 0 Å². The molecular formula is C10H14N2O5. The first-order chi connectivity index (χ1) is 8.17. The van der Waals surface area contributed by atoms with E-state index in [4.69, 9.17) is 14.6 Å². The number of hydrogen-bond donors (Lipinski definition) is 3. The van der Waals surface area contributed by atoms with Gasteiger partial charge in [0.1, 0.15) is 24.4 Å². The average Bonchev–Trinajstić information content (AvgIpc) is 2.66. The number of aliphatic hydroxyl groups excluding tert-OH is 2. The molecule has 4 atom stereocenters. The Morgan fingerprint density at radius 2 is 2.41 bits per heavy atom. The highest BCUT2D eigenvalue weighted by Crippen LogP contribution is 2.33. The third kappa shape index (κ3) is 2.22. The number of nitrogens with one attached hydrogen (secondary N) is 1. The molecule has 2 heterocycles. The van der Waals surface area contributed by atoms with Gasteiger partial charge in [0.05, 0.1) is 18.5 Å². The number of aliphatic hydroxyl groups is 2. The number of aromatic nitrogens is 2. The molecule has 1 aliphatic rings. The first-order valence-electron chi connectivity index (χ1n) is 5.19. The lowest BCUT2D eigenvalue weighted by molar-refractivity contribution is -0.0251. The Hall–Kier alpha value is -1.28. The number of methoxy groups -OCH3 is 1. The van der Waals surface area contributed by atoms with Crippen LogP contribution < -0.4 is 5.56 Å². The monoisotopic (exact) mass is 242 g/mol. The fourth-order valence-corrected chi connectivity index (χ4v) is 1.90. The second kappa shape index (κ2) is 4.92. The molecule has 0 amide bonds. The normalized spacial score (nSPS) is 32.9. The van der Waals surface area contributed by atoms with Crippen LogP contribution >= 0.6 is 0 Å². The molecule has 0 bridgehead atoms. The summed E-state index contributed by atoms with van der Waals surface area (Å²) in [6, 6.07) is 0. The van der Waals surface area contributed by atoms with Crippen LogP contribution in [-0.2, 0) is 9.47 Å². The standard InChI is InChI=1S/C10H14N2O5/c1-16-10-8(15)6(4-13)17-9(10)5-2-12-7(14)3-11-5/h2-3,6,8-10,13,15H,4H2,1H3,(H,12,14)/t6-,8?,9+,10?/m1/s1. The maximum Gasteiger partial charge on any atom is 0.266 e. The summed E-state index contributed by atoms with van der Waals surface area (Å²) in [6.45, 7) is -0.305. The zero-order valence-electron chi connectivity index (χ0n) is 9.24. The van der Waals surface area contributed by atoms with E-state index in [0.717, 1.165) is 6.20 Å². The molecule has 1 aromatic heterocycles. The molecular weight excluding hydrogens is 228 g/mol. The van der Waals surface area contributed by atoms with Crippen LogP contribution in [0.2, 0.25) is 0 Å². The Morgan fingerprint density at radius 1 is 1.65 bits per heavy atom. The third-order valence-electron chi connectivity index (χ3n) is 2.77. The molecule has 0 aliphatic carbocycles. The van der Waals surface area contributed by atoms with E-state index in [0.29, 0.717) is 5.69 Å². The van der Waals surface area contributed by atoms with Crippen molar-refractivity contribution in [3.8, 4) is 0 Å². The fourth-order valence-electron chi connectivity index (χ4n) is 1.90. The van der Waals surface area contributed by atoms with Crippen molar-refractivity contribution < 1.29 is 19.7 Å². The first-order valence-corrected chi connectivity index (χ1v) is 5.19. The van der Waals surface area contributed by atoms with E-state index in [-0.39, 0.29) is 12.2 Å². The summed E-state index contributed by atoms with van der Waals surface area (Å²) in [5.74, 6) is 0. The van der Waals surface area contributed by atoms with Crippen molar-refractivity contribution in [2.75, 3.05) is 13.7 Å². The van der Waals surface area contributed by atoms with Crippen molar-refractivity contribution in [2.45, 2.75) is 24.4 Å². The molecule has 1 aliphatic heterocycles. The van der Waals surface area contributed by atoms with Crippen LogP contribution in [0.1, 0.15) is 11.8 Å². The van der Waals surface area contributed by atoms with Gasteiger partial charge in [-0.05, 0) is 0 Å². The van der Waals surface area contributed by atoms with E-state index in [1.54, 1.807) is 0 Å². The SMILES string of the molecule is COC1C(O)[C@@H](CO)O[C@H]1c1c[nH]c(=O)cn1. The summed E-state index contributed by atoms with van der Waals surface area (Å²) in [5, 5.41) is 18.9. The second-order valence-corrected chi connectivity index (χ2v) is 3.80. The van der Waals surface area contributed by atoms with Crippen molar-refractivity contribution in [2.24, 2.45) is 0 Å². The van der Waals surface area contributed by atoms with Gasteiger partial charge in [-0.3, -0.25) is 9.78 Å².